The monoisotopic (exact) mass is 421 g/mol. The van der Waals surface area contributed by atoms with Gasteiger partial charge in [0.1, 0.15) is 18.1 Å². The summed E-state index contributed by atoms with van der Waals surface area (Å²) in [4.78, 5) is 0. The molecular weight excluding hydrogens is 394 g/mol. The van der Waals surface area contributed by atoms with E-state index in [2.05, 4.69) is 59.9 Å². The maximum absolute atomic E-state index is 5.92. The summed E-state index contributed by atoms with van der Waals surface area (Å²) in [5.41, 5.74) is 5.47. The quantitative estimate of drug-likeness (QED) is 0.520. The molecule has 2 aliphatic rings. The Morgan fingerprint density at radius 3 is 2.47 bits per heavy atom. The second-order valence-corrected chi connectivity index (χ2v) is 8.11. The van der Waals surface area contributed by atoms with Gasteiger partial charge in [0.05, 0.1) is 7.11 Å². The molecule has 3 nitrogen and oxygen atoms in total. The zero-order valence-corrected chi connectivity index (χ0v) is 18.0. The Labute approximate surface area is 184 Å². The minimum Gasteiger partial charge on any atom is -0.497 e. The van der Waals surface area contributed by atoms with Crippen LogP contribution in [0.3, 0.4) is 0 Å². The molecule has 5 rings (SSSR count). The first kappa shape index (κ1) is 20.8. The van der Waals surface area contributed by atoms with Crippen LogP contribution in [0.1, 0.15) is 47.1 Å². The van der Waals surface area contributed by atoms with E-state index in [4.69, 9.17) is 9.47 Å². The van der Waals surface area contributed by atoms with Crippen LogP contribution in [-0.4, -0.2) is 13.2 Å². The third kappa shape index (κ3) is 4.48. The Morgan fingerprint density at radius 2 is 1.70 bits per heavy atom. The van der Waals surface area contributed by atoms with Gasteiger partial charge in [-0.05, 0) is 65.8 Å². The first-order chi connectivity index (χ1) is 14.3. The summed E-state index contributed by atoms with van der Waals surface area (Å²) < 4.78 is 11.3. The molecule has 0 saturated heterocycles. The molecular formula is C26H28ClNO2. The van der Waals surface area contributed by atoms with Crippen molar-refractivity contribution in [1.82, 2.24) is 5.32 Å². The van der Waals surface area contributed by atoms with Crippen LogP contribution < -0.4 is 14.8 Å². The zero-order chi connectivity index (χ0) is 19.6. The van der Waals surface area contributed by atoms with Crippen LogP contribution in [0.4, 0.5) is 0 Å². The fourth-order valence-corrected chi connectivity index (χ4v) is 4.44. The molecule has 3 atom stereocenters. The maximum atomic E-state index is 5.92. The largest absolute Gasteiger partial charge is 0.497 e. The number of hydrogen-bond acceptors (Lipinski definition) is 3. The Hall–Kier alpha value is -2.49. The molecule has 30 heavy (non-hydrogen) atoms. The van der Waals surface area contributed by atoms with Crippen LogP contribution in [0.25, 0.3) is 0 Å². The third-order valence-corrected chi connectivity index (χ3v) is 6.19. The standard InChI is InChI=1S/C26H27NO2.ClH/c1-28-22-13-9-20-10-14-25(23(20)15-22)27-26-16-24(26)19-7-11-21(12-8-19)29-17-18-5-3-2-4-6-18;/h2-9,11-13,15,24-27H,10,14,16-17H2,1H3;1H/t24?,25?,26-;/m0./s1. The van der Waals surface area contributed by atoms with Crippen molar-refractivity contribution in [3.63, 3.8) is 0 Å². The summed E-state index contributed by atoms with van der Waals surface area (Å²) in [5, 5.41) is 3.88. The van der Waals surface area contributed by atoms with Crippen LogP contribution in [0.15, 0.2) is 72.8 Å². The number of benzene rings is 3. The Balaban J connectivity index is 0.00000218. The Morgan fingerprint density at radius 1 is 0.933 bits per heavy atom. The van der Waals surface area contributed by atoms with Gasteiger partial charge in [0.25, 0.3) is 0 Å². The van der Waals surface area contributed by atoms with E-state index in [0.29, 0.717) is 24.6 Å². The molecule has 0 aromatic heterocycles. The molecule has 0 spiro atoms. The summed E-state index contributed by atoms with van der Waals surface area (Å²) in [6.45, 7) is 0.609. The molecule has 0 heterocycles. The highest BCUT2D eigenvalue weighted by atomic mass is 35.5. The van der Waals surface area contributed by atoms with Crippen LogP contribution in [0, 0.1) is 0 Å². The highest BCUT2D eigenvalue weighted by Gasteiger charge is 2.40. The predicted octanol–water partition coefficient (Wildman–Crippen LogP) is 5.83. The van der Waals surface area contributed by atoms with Gasteiger partial charge >= 0.3 is 0 Å². The summed E-state index contributed by atoms with van der Waals surface area (Å²) in [5.74, 6) is 2.49. The summed E-state index contributed by atoms with van der Waals surface area (Å²) in [7, 11) is 1.74. The molecule has 0 bridgehead atoms. The molecule has 156 valence electrons. The van der Waals surface area contributed by atoms with Crippen molar-refractivity contribution in [1.29, 1.82) is 0 Å². The van der Waals surface area contributed by atoms with Crippen LogP contribution in [0.2, 0.25) is 0 Å². The van der Waals surface area contributed by atoms with Gasteiger partial charge in [0.2, 0.25) is 0 Å². The van der Waals surface area contributed by atoms with Crippen molar-refractivity contribution < 1.29 is 9.47 Å². The van der Waals surface area contributed by atoms with Crippen molar-refractivity contribution in [2.24, 2.45) is 0 Å². The first-order valence-electron chi connectivity index (χ1n) is 10.5. The minimum absolute atomic E-state index is 0. The zero-order valence-electron chi connectivity index (χ0n) is 17.2. The highest BCUT2D eigenvalue weighted by Crippen LogP contribution is 2.44. The van der Waals surface area contributed by atoms with E-state index in [1.165, 1.54) is 35.1 Å². The number of hydrogen-bond donors (Lipinski definition) is 1. The van der Waals surface area contributed by atoms with Gasteiger partial charge in [-0.3, -0.25) is 0 Å². The molecule has 3 aromatic rings. The van der Waals surface area contributed by atoms with E-state index in [-0.39, 0.29) is 12.4 Å². The van der Waals surface area contributed by atoms with E-state index in [0.717, 1.165) is 17.9 Å². The number of ether oxygens (including phenoxy) is 2. The van der Waals surface area contributed by atoms with Crippen molar-refractivity contribution in [3.05, 3.63) is 95.1 Å². The fraction of sp³-hybridized carbons (Fsp3) is 0.308. The van der Waals surface area contributed by atoms with E-state index in [9.17, 15) is 0 Å². The maximum Gasteiger partial charge on any atom is 0.119 e. The molecule has 2 unspecified atom stereocenters. The molecule has 4 heteroatoms. The number of fused-ring (bicyclic) bond motifs is 1. The van der Waals surface area contributed by atoms with Gasteiger partial charge in [0.15, 0.2) is 0 Å². The SMILES string of the molecule is COc1ccc2c(c1)C(N[C@H]1CC1c1ccc(OCc3ccccc3)cc1)CC2.Cl. The first-order valence-corrected chi connectivity index (χ1v) is 10.5. The van der Waals surface area contributed by atoms with Gasteiger partial charge < -0.3 is 14.8 Å². The van der Waals surface area contributed by atoms with E-state index in [1.54, 1.807) is 7.11 Å². The summed E-state index contributed by atoms with van der Waals surface area (Å²) >= 11 is 0. The van der Waals surface area contributed by atoms with E-state index >= 15 is 0 Å². The number of rotatable bonds is 7. The number of halogens is 1. The van der Waals surface area contributed by atoms with Crippen molar-refractivity contribution in [3.8, 4) is 11.5 Å². The molecule has 2 aliphatic carbocycles. The van der Waals surface area contributed by atoms with Gasteiger partial charge in [-0.25, -0.2) is 0 Å². The van der Waals surface area contributed by atoms with Crippen molar-refractivity contribution in [2.75, 3.05) is 7.11 Å². The summed E-state index contributed by atoms with van der Waals surface area (Å²) in [6, 6.07) is 26.4. The van der Waals surface area contributed by atoms with Gasteiger partial charge in [-0.2, -0.15) is 0 Å². The van der Waals surface area contributed by atoms with E-state index in [1.807, 2.05) is 18.2 Å². The molecule has 0 aliphatic heterocycles. The van der Waals surface area contributed by atoms with E-state index < -0.39 is 0 Å². The second kappa shape index (κ2) is 9.11. The van der Waals surface area contributed by atoms with Crippen LogP contribution in [0.5, 0.6) is 11.5 Å². The molecule has 1 fully saturated rings. The second-order valence-electron chi connectivity index (χ2n) is 8.11. The number of methoxy groups -OCH3 is 1. The Bertz CT molecular complexity index is 974. The topological polar surface area (TPSA) is 30.5 Å². The van der Waals surface area contributed by atoms with Gasteiger partial charge in [0, 0.05) is 18.0 Å². The number of aryl methyl sites for hydroxylation is 1. The average molecular weight is 422 g/mol. The van der Waals surface area contributed by atoms with Crippen LogP contribution in [-0.2, 0) is 13.0 Å². The minimum atomic E-state index is 0. The van der Waals surface area contributed by atoms with Crippen LogP contribution >= 0.6 is 12.4 Å². The van der Waals surface area contributed by atoms with Crippen molar-refractivity contribution >= 4 is 12.4 Å². The predicted molar refractivity (Wildman–Crippen MR) is 123 cm³/mol. The lowest BCUT2D eigenvalue weighted by molar-refractivity contribution is 0.306. The average Bonchev–Trinajstić information content (AvgIpc) is 3.44. The Kier molecular flexibility index (Phi) is 6.31. The summed E-state index contributed by atoms with van der Waals surface area (Å²) in [6.07, 6.45) is 3.54. The molecule has 3 aromatic carbocycles. The normalized spacial score (nSPS) is 21.4. The lowest BCUT2D eigenvalue weighted by atomic mass is 10.1. The lowest BCUT2D eigenvalue weighted by Gasteiger charge is -2.15. The van der Waals surface area contributed by atoms with Crippen molar-refractivity contribution in [2.45, 2.75) is 43.9 Å². The molecule has 0 amide bonds. The lowest BCUT2D eigenvalue weighted by Crippen LogP contribution is -2.22. The molecule has 1 saturated carbocycles. The smallest absolute Gasteiger partial charge is 0.119 e. The number of nitrogens with one attached hydrogen (secondary N) is 1. The molecule has 0 radical (unpaired) electrons. The highest BCUT2D eigenvalue weighted by molar-refractivity contribution is 5.85. The molecule has 1 N–H and O–H groups in total. The van der Waals surface area contributed by atoms with Gasteiger partial charge in [-0.15, -0.1) is 12.4 Å². The van der Waals surface area contributed by atoms with Gasteiger partial charge in [-0.1, -0.05) is 48.5 Å². The third-order valence-electron chi connectivity index (χ3n) is 6.19. The fourth-order valence-electron chi connectivity index (χ4n) is 4.44.